The zero-order valence-corrected chi connectivity index (χ0v) is 41.8. The SMILES string of the molecule is CCC(C)(C)C(=O)OCCC[Si](O[Si](C)(C)C)(O[Si](C)(C)C)O[Si](C)(C)C.CCC(C)[Si]1(C)O[Si](C)(C)O[Si](C)(C)O[Si](C)(C)O1. The molecule has 9 nitrogen and oxygen atoms in total. The zero-order chi connectivity index (χ0) is 36.8. The Morgan fingerprint density at radius 1 is 0.674 bits per heavy atom. The summed E-state index contributed by atoms with van der Waals surface area (Å²) in [6.45, 7) is 45.1. The minimum Gasteiger partial charge on any atom is -0.465 e. The van der Waals surface area contributed by atoms with Gasteiger partial charge in [0.25, 0.3) is 0 Å². The molecule has 0 radical (unpaired) electrons. The van der Waals surface area contributed by atoms with Crippen LogP contribution < -0.4 is 0 Å². The Balaban J connectivity index is 0.000000932. The quantitative estimate of drug-likeness (QED) is 0.0969. The molecule has 0 saturated carbocycles. The lowest BCUT2D eigenvalue weighted by molar-refractivity contribution is -0.154. The van der Waals surface area contributed by atoms with E-state index in [1.807, 2.05) is 20.8 Å². The first-order chi connectivity index (χ1) is 20.1. The Bertz CT molecular complexity index is 895. The van der Waals surface area contributed by atoms with Gasteiger partial charge in [0.2, 0.25) is 0 Å². The molecule has 0 aromatic carbocycles. The number of ether oxygens (including phenoxy) is 1. The van der Waals surface area contributed by atoms with Crippen LogP contribution >= 0.6 is 0 Å². The van der Waals surface area contributed by atoms with Gasteiger partial charge in [0, 0.05) is 6.04 Å². The average Bonchev–Trinajstić information content (AvgIpc) is 2.74. The van der Waals surface area contributed by atoms with E-state index in [9.17, 15) is 4.79 Å². The van der Waals surface area contributed by atoms with Crippen LogP contribution in [0.15, 0.2) is 0 Å². The van der Waals surface area contributed by atoms with Crippen LogP contribution in [0.2, 0.25) is 116 Å². The van der Waals surface area contributed by atoms with Crippen LogP contribution in [0.3, 0.4) is 0 Å². The van der Waals surface area contributed by atoms with Gasteiger partial charge in [-0.15, -0.1) is 0 Å². The van der Waals surface area contributed by atoms with Gasteiger partial charge in [0.05, 0.1) is 12.0 Å². The van der Waals surface area contributed by atoms with Crippen LogP contribution in [-0.2, 0) is 38.3 Å². The predicted octanol–water partition coefficient (Wildman–Crippen LogP) is 9.89. The number of rotatable bonds is 14. The minimum atomic E-state index is -2.83. The summed E-state index contributed by atoms with van der Waals surface area (Å²) in [7, 11) is -17.2. The van der Waals surface area contributed by atoms with E-state index < -0.39 is 73.4 Å². The highest BCUT2D eigenvalue weighted by Crippen LogP contribution is 2.37. The van der Waals surface area contributed by atoms with Crippen molar-refractivity contribution in [1.29, 1.82) is 0 Å². The first-order valence-corrected chi connectivity index (χ1v) is 40.2. The molecule has 1 atom stereocenters. The van der Waals surface area contributed by atoms with Gasteiger partial charge in [-0.05, 0) is 137 Å². The third kappa shape index (κ3) is 18.8. The maximum Gasteiger partial charge on any atom is 0.469 e. The normalized spacial score (nSPS) is 20.9. The Morgan fingerprint density at radius 2 is 1.02 bits per heavy atom. The first kappa shape index (κ1) is 46.9. The highest BCUT2D eigenvalue weighted by Gasteiger charge is 2.54. The Hall–Kier alpha value is 0.925. The summed E-state index contributed by atoms with van der Waals surface area (Å²) in [4.78, 5) is 12.2. The zero-order valence-electron chi connectivity index (χ0n) is 33.8. The van der Waals surface area contributed by atoms with Crippen molar-refractivity contribution < 1.29 is 38.3 Å². The second-order valence-electron chi connectivity index (χ2n) is 17.7. The number of hydrogen-bond acceptors (Lipinski definition) is 9. The molecule has 0 bridgehead atoms. The standard InChI is InChI=1S/C18H44O5Si4.C11H30O4Si4/c1-13-18(2,3)17(19)20-15-14-16-27(21-24(4,5)6,22-25(7,8)9)23-26(10,11)12;1-10-11(2)19(9)14-17(5,6)12-16(3,4)13-18(7,8)15-19/h13-16H2,1-12H3;11H,10H2,1-9H3. The summed E-state index contributed by atoms with van der Waals surface area (Å²) in [5, 5.41) is 0. The van der Waals surface area contributed by atoms with Crippen molar-refractivity contribution in [3.8, 4) is 0 Å². The molecule has 0 aromatic rings. The lowest BCUT2D eigenvalue weighted by atomic mass is 9.91. The lowest BCUT2D eigenvalue weighted by Crippen LogP contribution is -2.66. The number of carbonyl (C=O) groups is 1. The first-order valence-electron chi connectivity index (χ1n) is 17.2. The smallest absolute Gasteiger partial charge is 0.465 e. The van der Waals surface area contributed by atoms with Crippen molar-refractivity contribution in [2.24, 2.45) is 5.41 Å². The molecule has 1 fully saturated rings. The van der Waals surface area contributed by atoms with E-state index in [4.69, 9.17) is 33.5 Å². The molecule has 0 spiro atoms. The molecule has 1 unspecified atom stereocenters. The molecule has 0 aliphatic carbocycles. The van der Waals surface area contributed by atoms with Crippen LogP contribution in [-0.4, -0.2) is 80.6 Å². The molecule has 17 heteroatoms. The van der Waals surface area contributed by atoms with Gasteiger partial charge in [0.15, 0.2) is 25.0 Å². The maximum absolute atomic E-state index is 12.2. The lowest BCUT2D eigenvalue weighted by Gasteiger charge is -2.49. The van der Waals surface area contributed by atoms with Gasteiger partial charge in [0.1, 0.15) is 0 Å². The third-order valence-corrected chi connectivity index (χ3v) is 36.4. The molecule has 46 heavy (non-hydrogen) atoms. The summed E-state index contributed by atoms with van der Waals surface area (Å²) in [6, 6.07) is 0.700. The Morgan fingerprint density at radius 3 is 1.33 bits per heavy atom. The molecule has 276 valence electrons. The van der Waals surface area contributed by atoms with Crippen LogP contribution in [0.4, 0.5) is 0 Å². The molecule has 1 heterocycles. The van der Waals surface area contributed by atoms with Crippen molar-refractivity contribution in [3.05, 3.63) is 0 Å². The summed E-state index contributed by atoms with van der Waals surface area (Å²) in [6.07, 6.45) is 2.54. The van der Waals surface area contributed by atoms with Gasteiger partial charge < -0.3 is 33.5 Å². The van der Waals surface area contributed by atoms with Gasteiger partial charge in [-0.25, -0.2) is 0 Å². The van der Waals surface area contributed by atoms with E-state index in [0.29, 0.717) is 24.6 Å². The predicted molar refractivity (Wildman–Crippen MR) is 212 cm³/mol. The van der Waals surface area contributed by atoms with E-state index in [-0.39, 0.29) is 5.97 Å². The molecule has 1 rings (SSSR count). The van der Waals surface area contributed by atoms with E-state index in [1.54, 1.807) is 0 Å². The van der Waals surface area contributed by atoms with Crippen molar-refractivity contribution in [1.82, 2.24) is 0 Å². The van der Waals surface area contributed by atoms with Crippen molar-refractivity contribution in [2.75, 3.05) is 6.61 Å². The third-order valence-electron chi connectivity index (χ3n) is 7.07. The molecule has 1 aliphatic heterocycles. The van der Waals surface area contributed by atoms with Crippen LogP contribution in [0.1, 0.15) is 53.9 Å². The van der Waals surface area contributed by atoms with Crippen molar-refractivity contribution in [2.45, 2.75) is 170 Å². The van der Waals surface area contributed by atoms with E-state index >= 15 is 0 Å². The number of hydrogen-bond donors (Lipinski definition) is 0. The largest absolute Gasteiger partial charge is 0.469 e. The molecule has 1 saturated heterocycles. The fourth-order valence-electron chi connectivity index (χ4n) is 5.22. The average molecular weight is 792 g/mol. The van der Waals surface area contributed by atoms with Crippen molar-refractivity contribution >= 4 is 74.0 Å². The van der Waals surface area contributed by atoms with Gasteiger partial charge in [-0.2, -0.15) is 0 Å². The fourth-order valence-corrected chi connectivity index (χ4v) is 41.6. The van der Waals surface area contributed by atoms with E-state index in [0.717, 1.165) is 12.8 Å². The molecular formula is C29H74O9Si8. The number of carbonyl (C=O) groups excluding carboxylic acids is 1. The fraction of sp³-hybridized carbons (Fsp3) is 0.966. The molecule has 0 amide bonds. The van der Waals surface area contributed by atoms with Crippen LogP contribution in [0.25, 0.3) is 0 Å². The monoisotopic (exact) mass is 790 g/mol. The number of esters is 1. The van der Waals surface area contributed by atoms with Gasteiger partial charge in [-0.1, -0.05) is 27.2 Å². The van der Waals surface area contributed by atoms with E-state index in [2.05, 4.69) is 119 Å². The van der Waals surface area contributed by atoms with E-state index in [1.165, 1.54) is 0 Å². The van der Waals surface area contributed by atoms with Crippen LogP contribution in [0.5, 0.6) is 0 Å². The van der Waals surface area contributed by atoms with Crippen LogP contribution in [0, 0.1) is 5.41 Å². The minimum absolute atomic E-state index is 0.138. The summed E-state index contributed by atoms with van der Waals surface area (Å²) < 4.78 is 51.1. The second-order valence-corrected chi connectivity index (χ2v) is 49.4. The molecular weight excluding hydrogens is 717 g/mol. The topological polar surface area (TPSA) is 90.9 Å². The van der Waals surface area contributed by atoms with Gasteiger partial charge in [-0.3, -0.25) is 4.79 Å². The molecule has 1 aliphatic rings. The summed E-state index contributed by atoms with van der Waals surface area (Å²) >= 11 is 0. The Kier molecular flexibility index (Phi) is 17.3. The van der Waals surface area contributed by atoms with Gasteiger partial charge >= 0.3 is 49.0 Å². The molecule has 0 aromatic heterocycles. The highest BCUT2D eigenvalue weighted by atomic mass is 28.5. The summed E-state index contributed by atoms with van der Waals surface area (Å²) in [5.74, 6) is -0.138. The maximum atomic E-state index is 12.2. The summed E-state index contributed by atoms with van der Waals surface area (Å²) in [5.41, 5.74) is 0.00798. The van der Waals surface area contributed by atoms with Crippen molar-refractivity contribution in [3.63, 3.8) is 0 Å². The second kappa shape index (κ2) is 17.0. The Labute approximate surface area is 293 Å². The highest BCUT2D eigenvalue weighted by molar-refractivity contribution is 6.93. The molecule has 0 N–H and O–H groups in total.